The number of amides is 2. The Morgan fingerprint density at radius 2 is 1.59 bits per heavy atom. The fourth-order valence-corrected chi connectivity index (χ4v) is 3.83. The van der Waals surface area contributed by atoms with E-state index in [9.17, 15) is 24.3 Å². The van der Waals surface area contributed by atoms with E-state index in [-0.39, 0.29) is 50.7 Å². The number of rotatable bonds is 17. The monoisotopic (exact) mass is 544 g/mol. The molecule has 0 bridgehead atoms. The van der Waals surface area contributed by atoms with Crippen LogP contribution >= 0.6 is 0 Å². The van der Waals surface area contributed by atoms with Gasteiger partial charge in [-0.15, -0.1) is 13.2 Å². The maximum absolute atomic E-state index is 12.9. The molecule has 9 heteroatoms. The van der Waals surface area contributed by atoms with Gasteiger partial charge in [0.1, 0.15) is 12.2 Å². The van der Waals surface area contributed by atoms with E-state index in [0.717, 1.165) is 5.56 Å². The van der Waals surface area contributed by atoms with Gasteiger partial charge in [-0.2, -0.15) is 0 Å². The summed E-state index contributed by atoms with van der Waals surface area (Å²) in [4.78, 5) is 50.3. The van der Waals surface area contributed by atoms with Crippen LogP contribution in [0.1, 0.15) is 58.9 Å². The lowest BCUT2D eigenvalue weighted by Crippen LogP contribution is -2.44. The Bertz CT molecular complexity index is 956. The number of aliphatic hydroxyl groups is 1. The highest BCUT2D eigenvalue weighted by atomic mass is 16.6. The normalized spacial score (nSPS) is 14.2. The average Bonchev–Trinajstić information content (AvgIpc) is 2.85. The minimum absolute atomic E-state index is 0.0903. The number of carbonyl (C=O) groups is 4. The first-order valence-electron chi connectivity index (χ1n) is 13.2. The van der Waals surface area contributed by atoms with Gasteiger partial charge in [0.25, 0.3) is 0 Å². The molecule has 1 aromatic rings. The van der Waals surface area contributed by atoms with Gasteiger partial charge in [0.05, 0.1) is 36.9 Å². The van der Waals surface area contributed by atoms with Crippen LogP contribution in [-0.4, -0.2) is 59.8 Å². The zero-order chi connectivity index (χ0) is 29.4. The Labute approximate surface area is 232 Å². The van der Waals surface area contributed by atoms with E-state index in [1.807, 2.05) is 30.3 Å². The molecule has 1 aromatic carbocycles. The van der Waals surface area contributed by atoms with Crippen LogP contribution in [0.3, 0.4) is 0 Å². The number of hydrogen-bond donors (Lipinski definition) is 3. The number of nitrogens with one attached hydrogen (secondary N) is 2. The first-order valence-corrected chi connectivity index (χ1v) is 13.2. The molecule has 2 amide bonds. The minimum Gasteiger partial charge on any atom is -0.463 e. The fourth-order valence-electron chi connectivity index (χ4n) is 3.83. The van der Waals surface area contributed by atoms with Gasteiger partial charge in [-0.1, -0.05) is 42.5 Å². The molecule has 0 fully saturated rings. The molecule has 0 saturated heterocycles. The summed E-state index contributed by atoms with van der Waals surface area (Å²) in [5.41, 5.74) is 0.306. The summed E-state index contributed by atoms with van der Waals surface area (Å²) < 4.78 is 10.7. The van der Waals surface area contributed by atoms with E-state index in [2.05, 4.69) is 23.8 Å². The molecular formula is C30H44N2O7. The third-order valence-corrected chi connectivity index (χ3v) is 5.65. The summed E-state index contributed by atoms with van der Waals surface area (Å²) in [5.74, 6) is -3.26. The van der Waals surface area contributed by atoms with Crippen molar-refractivity contribution in [1.29, 1.82) is 0 Å². The van der Waals surface area contributed by atoms with Gasteiger partial charge in [-0.25, -0.2) is 0 Å². The molecule has 0 aliphatic rings. The van der Waals surface area contributed by atoms with Crippen LogP contribution < -0.4 is 10.6 Å². The van der Waals surface area contributed by atoms with E-state index in [0.29, 0.717) is 6.42 Å². The molecule has 0 aliphatic heterocycles. The van der Waals surface area contributed by atoms with Gasteiger partial charge in [0.15, 0.2) is 0 Å². The van der Waals surface area contributed by atoms with Gasteiger partial charge >= 0.3 is 11.9 Å². The van der Waals surface area contributed by atoms with Crippen molar-refractivity contribution < 1.29 is 33.8 Å². The fraction of sp³-hybridized carbons (Fsp3) is 0.533. The van der Waals surface area contributed by atoms with Crippen molar-refractivity contribution in [1.82, 2.24) is 10.6 Å². The first kappa shape index (κ1) is 33.6. The minimum atomic E-state index is -0.743. The van der Waals surface area contributed by atoms with E-state index in [1.54, 1.807) is 33.8 Å². The Morgan fingerprint density at radius 1 is 0.974 bits per heavy atom. The Balaban J connectivity index is 2.62. The molecule has 1 rings (SSSR count). The number of esters is 2. The lowest BCUT2D eigenvalue weighted by molar-refractivity contribution is -0.161. The standard InChI is InChI=1S/C30H44N2O7/c1-7-12-23(17-26(34)32-25(19-33)16-22-14-10-9-11-15-22)28(36)31-21(3)20-38-29(37)24(13-8-2)18-27(35)39-30(4,5)6/h7-11,14-15,21,23-25,33H,1-2,12-13,16-20H2,3-6H3,(H,31,36)(H,32,34)/t21-,23+,24+,25+/m1/s1. The summed E-state index contributed by atoms with van der Waals surface area (Å²) in [5, 5.41) is 15.3. The van der Waals surface area contributed by atoms with E-state index >= 15 is 0 Å². The van der Waals surface area contributed by atoms with Crippen LogP contribution in [0.25, 0.3) is 0 Å². The smallest absolute Gasteiger partial charge is 0.309 e. The highest BCUT2D eigenvalue weighted by molar-refractivity contribution is 5.86. The summed E-state index contributed by atoms with van der Waals surface area (Å²) in [6.45, 7) is 13.9. The first-order chi connectivity index (χ1) is 18.4. The highest BCUT2D eigenvalue weighted by Gasteiger charge is 2.27. The lowest BCUT2D eigenvalue weighted by Gasteiger charge is -2.23. The third-order valence-electron chi connectivity index (χ3n) is 5.65. The molecule has 0 heterocycles. The lowest BCUT2D eigenvalue weighted by atomic mass is 9.98. The van der Waals surface area contributed by atoms with Crippen molar-refractivity contribution in [2.75, 3.05) is 13.2 Å². The van der Waals surface area contributed by atoms with E-state index in [4.69, 9.17) is 9.47 Å². The molecule has 0 spiro atoms. The largest absolute Gasteiger partial charge is 0.463 e. The second-order valence-corrected chi connectivity index (χ2v) is 10.6. The summed E-state index contributed by atoms with van der Waals surface area (Å²) in [6, 6.07) is 8.47. The van der Waals surface area contributed by atoms with Crippen LogP contribution in [-0.2, 0) is 35.1 Å². The van der Waals surface area contributed by atoms with Gasteiger partial charge in [0, 0.05) is 6.42 Å². The highest BCUT2D eigenvalue weighted by Crippen LogP contribution is 2.17. The molecule has 0 aliphatic carbocycles. The topological polar surface area (TPSA) is 131 Å². The van der Waals surface area contributed by atoms with Gasteiger partial charge in [-0.3, -0.25) is 19.2 Å². The number of hydrogen-bond acceptors (Lipinski definition) is 7. The Hall–Kier alpha value is -3.46. The molecule has 0 unspecified atom stereocenters. The van der Waals surface area contributed by atoms with Crippen LogP contribution in [0.2, 0.25) is 0 Å². The Kier molecular flexibility index (Phi) is 14.8. The SMILES string of the molecule is C=CC[C@@H](CC(=O)N[C@H](CO)Cc1ccccc1)C(=O)N[C@H](C)COC(=O)[C@@H](CC=C)CC(=O)OC(C)(C)C. The Morgan fingerprint density at radius 3 is 2.15 bits per heavy atom. The van der Waals surface area contributed by atoms with E-state index in [1.165, 1.54) is 6.08 Å². The van der Waals surface area contributed by atoms with Crippen molar-refractivity contribution in [3.63, 3.8) is 0 Å². The number of aliphatic hydroxyl groups excluding tert-OH is 1. The predicted octanol–water partition coefficient (Wildman–Crippen LogP) is 3.26. The average molecular weight is 545 g/mol. The third kappa shape index (κ3) is 14.3. The molecule has 3 N–H and O–H groups in total. The second-order valence-electron chi connectivity index (χ2n) is 10.6. The van der Waals surface area contributed by atoms with Crippen LogP contribution in [0.5, 0.6) is 0 Å². The molecule has 9 nitrogen and oxygen atoms in total. The van der Waals surface area contributed by atoms with Crippen LogP contribution in [0.15, 0.2) is 55.6 Å². The number of allylic oxidation sites excluding steroid dienone is 2. The zero-order valence-electron chi connectivity index (χ0n) is 23.6. The molecular weight excluding hydrogens is 500 g/mol. The maximum Gasteiger partial charge on any atom is 0.309 e. The summed E-state index contributed by atoms with van der Waals surface area (Å²) >= 11 is 0. The van der Waals surface area contributed by atoms with Crippen molar-refractivity contribution in [3.05, 3.63) is 61.2 Å². The van der Waals surface area contributed by atoms with Gasteiger partial charge in [-0.05, 0) is 52.5 Å². The quantitative estimate of drug-likeness (QED) is 0.203. The van der Waals surface area contributed by atoms with Crippen molar-refractivity contribution in [3.8, 4) is 0 Å². The van der Waals surface area contributed by atoms with Gasteiger partial charge < -0.3 is 25.2 Å². The van der Waals surface area contributed by atoms with Gasteiger partial charge in [0.2, 0.25) is 11.8 Å². The molecule has 39 heavy (non-hydrogen) atoms. The van der Waals surface area contributed by atoms with Crippen molar-refractivity contribution >= 4 is 23.8 Å². The number of carbonyl (C=O) groups excluding carboxylic acids is 4. The molecule has 0 saturated carbocycles. The number of benzene rings is 1. The van der Waals surface area contributed by atoms with Crippen molar-refractivity contribution in [2.24, 2.45) is 11.8 Å². The molecule has 216 valence electrons. The summed E-state index contributed by atoms with van der Waals surface area (Å²) in [6.07, 6.45) is 3.84. The second kappa shape index (κ2) is 17.2. The molecule has 4 atom stereocenters. The molecule has 0 radical (unpaired) electrons. The maximum atomic E-state index is 12.9. The summed E-state index contributed by atoms with van der Waals surface area (Å²) in [7, 11) is 0. The molecule has 0 aromatic heterocycles. The van der Waals surface area contributed by atoms with Crippen LogP contribution in [0.4, 0.5) is 0 Å². The van der Waals surface area contributed by atoms with Crippen molar-refractivity contribution in [2.45, 2.75) is 77.5 Å². The zero-order valence-corrected chi connectivity index (χ0v) is 23.6. The van der Waals surface area contributed by atoms with Crippen LogP contribution in [0, 0.1) is 11.8 Å². The van der Waals surface area contributed by atoms with E-state index < -0.39 is 41.5 Å². The number of ether oxygens (including phenoxy) is 2. The predicted molar refractivity (Wildman–Crippen MR) is 149 cm³/mol.